The van der Waals surface area contributed by atoms with E-state index < -0.39 is 0 Å². The fourth-order valence-corrected chi connectivity index (χ4v) is 2.40. The highest BCUT2D eigenvalue weighted by Crippen LogP contribution is 2.25. The van der Waals surface area contributed by atoms with Gasteiger partial charge in [0.25, 0.3) is 0 Å². The molecule has 0 fully saturated rings. The molecule has 0 spiro atoms. The number of nitrogens with zero attached hydrogens (tertiary/aromatic N) is 1. The van der Waals surface area contributed by atoms with Gasteiger partial charge in [0, 0.05) is 28.8 Å². The van der Waals surface area contributed by atoms with Gasteiger partial charge >= 0.3 is 0 Å². The van der Waals surface area contributed by atoms with E-state index in [0.717, 1.165) is 28.4 Å². The molecule has 1 rings (SSSR count). The predicted octanol–water partition coefficient (Wildman–Crippen LogP) is 4.13. The molecule has 1 unspecified atom stereocenters. The number of hydrogen-bond donors (Lipinski definition) is 0. The van der Waals surface area contributed by atoms with Crippen molar-refractivity contribution in [3.05, 3.63) is 28.2 Å². The van der Waals surface area contributed by atoms with Crippen molar-refractivity contribution < 1.29 is 4.79 Å². The minimum absolute atomic E-state index is 0.426. The lowest BCUT2D eigenvalue weighted by Gasteiger charge is -2.29. The third-order valence-corrected chi connectivity index (χ3v) is 3.46. The van der Waals surface area contributed by atoms with Crippen LogP contribution in [-0.4, -0.2) is 19.4 Å². The van der Waals surface area contributed by atoms with Crippen molar-refractivity contribution in [3.8, 4) is 0 Å². The third kappa shape index (κ3) is 3.84. The molecular weight excluding hydrogens is 278 g/mol. The van der Waals surface area contributed by atoms with Gasteiger partial charge in [-0.2, -0.15) is 0 Å². The van der Waals surface area contributed by atoms with Gasteiger partial charge in [0.05, 0.1) is 0 Å². The molecule has 0 bridgehead atoms. The summed E-state index contributed by atoms with van der Waals surface area (Å²) in [7, 11) is 2.04. The predicted molar refractivity (Wildman–Crippen MR) is 76.8 cm³/mol. The number of hydrogen-bond acceptors (Lipinski definition) is 2. The average Bonchev–Trinajstić information content (AvgIpc) is 2.27. The molecule has 0 aliphatic heterocycles. The molecule has 0 radical (unpaired) electrons. The number of carbonyl (C=O) groups is 1. The Bertz CT molecular complexity index is 390. The molecular formula is C14H20BrNO. The summed E-state index contributed by atoms with van der Waals surface area (Å²) in [6, 6.07) is 6.25. The molecule has 0 amide bonds. The molecule has 1 aromatic rings. The second kappa shape index (κ2) is 6.20. The Morgan fingerprint density at radius 3 is 2.53 bits per heavy atom. The fraction of sp³-hybridized carbons (Fsp3) is 0.500. The van der Waals surface area contributed by atoms with Gasteiger partial charge < -0.3 is 4.90 Å². The van der Waals surface area contributed by atoms with Crippen LogP contribution in [0.15, 0.2) is 22.7 Å². The van der Waals surface area contributed by atoms with Crippen LogP contribution in [0.2, 0.25) is 0 Å². The van der Waals surface area contributed by atoms with E-state index in [-0.39, 0.29) is 0 Å². The lowest BCUT2D eigenvalue weighted by molar-refractivity contribution is 0.112. The Labute approximate surface area is 112 Å². The Morgan fingerprint density at radius 2 is 2.00 bits per heavy atom. The summed E-state index contributed by atoms with van der Waals surface area (Å²) >= 11 is 3.39. The molecule has 1 aromatic carbocycles. The number of benzene rings is 1. The maximum atomic E-state index is 11.1. The summed E-state index contributed by atoms with van der Waals surface area (Å²) in [5, 5.41) is 0. The van der Waals surface area contributed by atoms with E-state index in [4.69, 9.17) is 0 Å². The van der Waals surface area contributed by atoms with E-state index in [0.29, 0.717) is 12.0 Å². The molecule has 0 aliphatic carbocycles. The molecule has 3 heteroatoms. The Hall–Kier alpha value is -0.830. The number of anilines is 1. The van der Waals surface area contributed by atoms with Gasteiger partial charge in [0.15, 0.2) is 6.29 Å². The minimum atomic E-state index is 0.426. The molecule has 0 saturated carbocycles. The van der Waals surface area contributed by atoms with E-state index in [2.05, 4.69) is 41.6 Å². The van der Waals surface area contributed by atoms with Gasteiger partial charge in [-0.3, -0.25) is 4.79 Å². The van der Waals surface area contributed by atoms with Gasteiger partial charge in [-0.05, 0) is 37.5 Å². The molecule has 0 aromatic heterocycles. The quantitative estimate of drug-likeness (QED) is 0.762. The van der Waals surface area contributed by atoms with Crippen LogP contribution in [0.5, 0.6) is 0 Å². The average molecular weight is 298 g/mol. The van der Waals surface area contributed by atoms with Gasteiger partial charge in [-0.15, -0.1) is 0 Å². The van der Waals surface area contributed by atoms with E-state index in [1.807, 2.05) is 25.2 Å². The topological polar surface area (TPSA) is 20.3 Å². The monoisotopic (exact) mass is 297 g/mol. The lowest BCUT2D eigenvalue weighted by atomic mass is 10.0. The number of aldehydes is 1. The maximum absolute atomic E-state index is 11.1. The first-order chi connectivity index (χ1) is 7.95. The zero-order chi connectivity index (χ0) is 13.0. The first kappa shape index (κ1) is 14.2. The zero-order valence-electron chi connectivity index (χ0n) is 10.9. The third-order valence-electron chi connectivity index (χ3n) is 2.97. The van der Waals surface area contributed by atoms with Crippen LogP contribution < -0.4 is 4.90 Å². The maximum Gasteiger partial charge on any atom is 0.152 e. The van der Waals surface area contributed by atoms with E-state index in [1.54, 1.807) is 0 Å². The molecule has 0 heterocycles. The van der Waals surface area contributed by atoms with Crippen LogP contribution in [0, 0.1) is 5.92 Å². The van der Waals surface area contributed by atoms with Gasteiger partial charge in [-0.1, -0.05) is 29.8 Å². The number of carbonyl (C=O) groups excluding carboxylic acids is 1. The fourth-order valence-electron chi connectivity index (χ4n) is 2.02. The van der Waals surface area contributed by atoms with Gasteiger partial charge in [0.2, 0.25) is 0 Å². The Balaban J connectivity index is 2.95. The van der Waals surface area contributed by atoms with Crippen LogP contribution in [0.4, 0.5) is 5.69 Å². The SMILES string of the molecule is CC(C)CC(C)N(C)c1ccc(Br)cc1C=O. The first-order valence-electron chi connectivity index (χ1n) is 5.93. The number of halogens is 1. The molecule has 2 nitrogen and oxygen atoms in total. The molecule has 17 heavy (non-hydrogen) atoms. The Morgan fingerprint density at radius 1 is 1.35 bits per heavy atom. The second-order valence-electron chi connectivity index (χ2n) is 4.91. The lowest BCUT2D eigenvalue weighted by Crippen LogP contribution is -2.30. The first-order valence-corrected chi connectivity index (χ1v) is 6.72. The summed E-state index contributed by atoms with van der Waals surface area (Å²) < 4.78 is 0.938. The number of rotatable bonds is 5. The summed E-state index contributed by atoms with van der Waals surface area (Å²) in [4.78, 5) is 13.3. The normalized spacial score (nSPS) is 12.6. The summed E-state index contributed by atoms with van der Waals surface area (Å²) in [6.45, 7) is 6.62. The highest BCUT2D eigenvalue weighted by molar-refractivity contribution is 9.10. The molecule has 0 aliphatic rings. The van der Waals surface area contributed by atoms with Crippen LogP contribution in [0.3, 0.4) is 0 Å². The van der Waals surface area contributed by atoms with Crippen molar-refractivity contribution >= 4 is 27.9 Å². The van der Waals surface area contributed by atoms with E-state index in [9.17, 15) is 4.79 Å². The highest BCUT2D eigenvalue weighted by Gasteiger charge is 2.14. The van der Waals surface area contributed by atoms with Crippen molar-refractivity contribution in [2.75, 3.05) is 11.9 Å². The summed E-state index contributed by atoms with van der Waals surface area (Å²) in [5.74, 6) is 0.655. The smallest absolute Gasteiger partial charge is 0.152 e. The standard InChI is InChI=1S/C14H20BrNO/c1-10(2)7-11(3)16(4)14-6-5-13(15)8-12(14)9-17/h5-6,8-11H,7H2,1-4H3. The van der Waals surface area contributed by atoms with Crippen molar-refractivity contribution in [1.29, 1.82) is 0 Å². The van der Waals surface area contributed by atoms with E-state index >= 15 is 0 Å². The van der Waals surface area contributed by atoms with Crippen LogP contribution >= 0.6 is 15.9 Å². The highest BCUT2D eigenvalue weighted by atomic mass is 79.9. The van der Waals surface area contributed by atoms with Crippen molar-refractivity contribution in [2.24, 2.45) is 5.92 Å². The van der Waals surface area contributed by atoms with Crippen LogP contribution in [-0.2, 0) is 0 Å². The largest absolute Gasteiger partial charge is 0.371 e. The van der Waals surface area contributed by atoms with Gasteiger partial charge in [-0.25, -0.2) is 0 Å². The summed E-state index contributed by atoms with van der Waals surface area (Å²) in [6.07, 6.45) is 2.03. The zero-order valence-corrected chi connectivity index (χ0v) is 12.5. The minimum Gasteiger partial charge on any atom is -0.371 e. The van der Waals surface area contributed by atoms with E-state index in [1.165, 1.54) is 0 Å². The molecule has 1 atom stereocenters. The molecule has 0 saturated heterocycles. The van der Waals surface area contributed by atoms with Crippen molar-refractivity contribution in [3.63, 3.8) is 0 Å². The van der Waals surface area contributed by atoms with Crippen LogP contribution in [0.1, 0.15) is 37.6 Å². The van der Waals surface area contributed by atoms with Gasteiger partial charge in [0.1, 0.15) is 0 Å². The van der Waals surface area contributed by atoms with Crippen molar-refractivity contribution in [2.45, 2.75) is 33.2 Å². The second-order valence-corrected chi connectivity index (χ2v) is 5.83. The van der Waals surface area contributed by atoms with Crippen LogP contribution in [0.25, 0.3) is 0 Å². The molecule has 0 N–H and O–H groups in total. The summed E-state index contributed by atoms with van der Waals surface area (Å²) in [5.41, 5.74) is 1.73. The van der Waals surface area contributed by atoms with Crippen molar-refractivity contribution in [1.82, 2.24) is 0 Å². The Kier molecular flexibility index (Phi) is 5.19. The molecule has 94 valence electrons.